The van der Waals surface area contributed by atoms with Crippen LogP contribution in [0.15, 0.2) is 41.1 Å². The quantitative estimate of drug-likeness (QED) is 0.593. The number of piperidine rings is 2. The number of nitrogens with zero attached hydrogens (tertiary/aromatic N) is 3. The first-order valence-electron chi connectivity index (χ1n) is 11.8. The van der Waals surface area contributed by atoms with Crippen molar-refractivity contribution in [2.75, 3.05) is 26.2 Å². The lowest BCUT2D eigenvalue weighted by molar-refractivity contribution is 0.0284. The molecular formula is C26H32BrN3O2. The summed E-state index contributed by atoms with van der Waals surface area (Å²) in [4.78, 5) is 21.6. The van der Waals surface area contributed by atoms with Gasteiger partial charge in [0.2, 0.25) is 0 Å². The second kappa shape index (κ2) is 8.45. The van der Waals surface area contributed by atoms with Gasteiger partial charge in [0.25, 0.3) is 5.91 Å². The van der Waals surface area contributed by atoms with Gasteiger partial charge in [-0.2, -0.15) is 0 Å². The van der Waals surface area contributed by atoms with Crippen molar-refractivity contribution in [2.24, 2.45) is 5.41 Å². The maximum atomic E-state index is 12.9. The second-order valence-electron chi connectivity index (χ2n) is 10.4. The van der Waals surface area contributed by atoms with Crippen LogP contribution in [0, 0.1) is 5.41 Å². The fourth-order valence-corrected chi connectivity index (χ4v) is 6.06. The Bertz CT molecular complexity index is 1000. The molecule has 0 atom stereocenters. The van der Waals surface area contributed by atoms with Gasteiger partial charge in [0.15, 0.2) is 0 Å². The predicted molar refractivity (Wildman–Crippen MR) is 129 cm³/mol. The van der Waals surface area contributed by atoms with E-state index in [1.165, 1.54) is 24.0 Å². The van der Waals surface area contributed by atoms with E-state index in [4.69, 9.17) is 4.74 Å². The molecule has 3 aliphatic rings. The third-order valence-corrected chi connectivity index (χ3v) is 8.28. The Labute approximate surface area is 199 Å². The summed E-state index contributed by atoms with van der Waals surface area (Å²) in [6.07, 6.45) is 9.05. The van der Waals surface area contributed by atoms with Gasteiger partial charge in [-0.1, -0.05) is 12.1 Å². The van der Waals surface area contributed by atoms with Gasteiger partial charge in [-0.25, -0.2) is 0 Å². The average Bonchev–Trinajstić information content (AvgIpc) is 3.11. The summed E-state index contributed by atoms with van der Waals surface area (Å²) in [5.41, 5.74) is 3.83. The zero-order valence-electron chi connectivity index (χ0n) is 19.1. The molecule has 2 saturated heterocycles. The van der Waals surface area contributed by atoms with Crippen molar-refractivity contribution in [3.8, 4) is 5.75 Å². The lowest BCUT2D eigenvalue weighted by atomic mass is 9.71. The average molecular weight is 498 g/mol. The predicted octanol–water partition coefficient (Wildman–Crippen LogP) is 5.08. The van der Waals surface area contributed by atoms with E-state index in [1.807, 2.05) is 11.0 Å². The van der Waals surface area contributed by atoms with Crippen LogP contribution < -0.4 is 4.74 Å². The highest BCUT2D eigenvalue weighted by Crippen LogP contribution is 2.43. The summed E-state index contributed by atoms with van der Waals surface area (Å²) in [5, 5.41) is 0. The van der Waals surface area contributed by atoms with Gasteiger partial charge < -0.3 is 9.64 Å². The van der Waals surface area contributed by atoms with Crippen LogP contribution in [0.4, 0.5) is 0 Å². The minimum Gasteiger partial charge on any atom is -0.487 e. The van der Waals surface area contributed by atoms with Crippen molar-refractivity contribution in [3.05, 3.63) is 57.8 Å². The lowest BCUT2D eigenvalue weighted by Gasteiger charge is -2.47. The Morgan fingerprint density at radius 2 is 1.81 bits per heavy atom. The zero-order chi connectivity index (χ0) is 22.3. The van der Waals surface area contributed by atoms with E-state index in [9.17, 15) is 4.79 Å². The number of pyridine rings is 1. The largest absolute Gasteiger partial charge is 0.487 e. The van der Waals surface area contributed by atoms with Crippen LogP contribution >= 0.6 is 15.9 Å². The maximum absolute atomic E-state index is 12.9. The van der Waals surface area contributed by atoms with Crippen LogP contribution in [0.1, 0.15) is 61.0 Å². The van der Waals surface area contributed by atoms with Crippen molar-refractivity contribution in [1.29, 1.82) is 0 Å². The van der Waals surface area contributed by atoms with E-state index >= 15 is 0 Å². The van der Waals surface area contributed by atoms with Gasteiger partial charge in [0.05, 0.1) is 5.56 Å². The summed E-state index contributed by atoms with van der Waals surface area (Å²) < 4.78 is 6.90. The normalized spacial score (nSPS) is 21.9. The number of carbonyl (C=O) groups is 1. The Balaban J connectivity index is 1.17. The van der Waals surface area contributed by atoms with Gasteiger partial charge >= 0.3 is 0 Å². The third kappa shape index (κ3) is 4.32. The molecule has 4 heterocycles. The SMILES string of the molecule is CC1(C)Cc2c(CN3CCC4(CC3)CCN(C(=O)c3ccncc3Br)CC4)cccc2O1. The van der Waals surface area contributed by atoms with Crippen LogP contribution in [0.3, 0.4) is 0 Å². The van der Waals surface area contributed by atoms with Crippen LogP contribution in [-0.4, -0.2) is 52.5 Å². The summed E-state index contributed by atoms with van der Waals surface area (Å²) in [6.45, 7) is 9.34. The highest BCUT2D eigenvalue weighted by molar-refractivity contribution is 9.10. The van der Waals surface area contributed by atoms with Crippen molar-refractivity contribution in [1.82, 2.24) is 14.8 Å². The molecule has 3 aliphatic heterocycles. The molecule has 0 saturated carbocycles. The molecule has 0 N–H and O–H groups in total. The number of hydrogen-bond acceptors (Lipinski definition) is 4. The number of amides is 1. The van der Waals surface area contributed by atoms with Crippen molar-refractivity contribution in [3.63, 3.8) is 0 Å². The number of ether oxygens (including phenoxy) is 1. The third-order valence-electron chi connectivity index (χ3n) is 7.64. The van der Waals surface area contributed by atoms with Gasteiger partial charge in [0, 0.05) is 48.5 Å². The van der Waals surface area contributed by atoms with Gasteiger partial charge in [-0.15, -0.1) is 0 Å². The number of carbonyl (C=O) groups excluding carboxylic acids is 1. The van der Waals surface area contributed by atoms with E-state index in [1.54, 1.807) is 12.4 Å². The summed E-state index contributed by atoms with van der Waals surface area (Å²) in [6, 6.07) is 8.32. The fraction of sp³-hybridized carbons (Fsp3) is 0.538. The first-order chi connectivity index (χ1) is 15.3. The Hall–Kier alpha value is -1.92. The number of likely N-dealkylation sites (tertiary alicyclic amines) is 2. The first-order valence-corrected chi connectivity index (χ1v) is 12.5. The molecule has 0 radical (unpaired) electrons. The number of rotatable bonds is 3. The van der Waals surface area contributed by atoms with Crippen LogP contribution in [-0.2, 0) is 13.0 Å². The molecule has 2 fully saturated rings. The fourth-order valence-electron chi connectivity index (χ4n) is 5.64. The summed E-state index contributed by atoms with van der Waals surface area (Å²) in [7, 11) is 0. The molecule has 1 aromatic carbocycles. The van der Waals surface area contributed by atoms with Gasteiger partial charge in [-0.05, 0) is 91.7 Å². The van der Waals surface area contributed by atoms with Crippen molar-refractivity contribution < 1.29 is 9.53 Å². The second-order valence-corrected chi connectivity index (χ2v) is 11.2. The van der Waals surface area contributed by atoms with Crippen LogP contribution in [0.2, 0.25) is 0 Å². The standard InChI is InChI=1S/C26H32BrN3O2/c1-25(2)16-21-19(4-3-5-23(21)32-25)18-29-12-7-26(8-13-29)9-14-30(15-10-26)24(31)20-6-11-28-17-22(20)27/h3-6,11,17H,7-10,12-16,18H2,1-2H3. The summed E-state index contributed by atoms with van der Waals surface area (Å²) in [5.74, 6) is 1.19. The minimum atomic E-state index is -0.0956. The van der Waals surface area contributed by atoms with E-state index in [-0.39, 0.29) is 11.5 Å². The minimum absolute atomic E-state index is 0.0956. The number of hydrogen-bond donors (Lipinski definition) is 0. The molecule has 1 spiro atoms. The molecule has 1 amide bonds. The highest BCUT2D eigenvalue weighted by Gasteiger charge is 2.39. The van der Waals surface area contributed by atoms with E-state index in [2.05, 4.69) is 57.9 Å². The van der Waals surface area contributed by atoms with Gasteiger partial charge in [0.1, 0.15) is 11.4 Å². The molecule has 5 rings (SSSR count). The maximum Gasteiger partial charge on any atom is 0.255 e. The van der Waals surface area contributed by atoms with E-state index in [0.717, 1.165) is 62.2 Å². The van der Waals surface area contributed by atoms with Crippen molar-refractivity contribution >= 4 is 21.8 Å². The number of halogens is 1. The molecule has 6 heteroatoms. The Morgan fingerprint density at radius 1 is 1.09 bits per heavy atom. The first kappa shape index (κ1) is 21.9. The zero-order valence-corrected chi connectivity index (χ0v) is 20.7. The molecule has 32 heavy (non-hydrogen) atoms. The van der Waals surface area contributed by atoms with Crippen LogP contribution in [0.5, 0.6) is 5.75 Å². The topological polar surface area (TPSA) is 45.7 Å². The van der Waals surface area contributed by atoms with Crippen LogP contribution in [0.25, 0.3) is 0 Å². The monoisotopic (exact) mass is 497 g/mol. The molecule has 170 valence electrons. The highest BCUT2D eigenvalue weighted by atomic mass is 79.9. The molecule has 5 nitrogen and oxygen atoms in total. The lowest BCUT2D eigenvalue weighted by Crippen LogP contribution is -2.48. The smallest absolute Gasteiger partial charge is 0.255 e. The molecule has 0 bridgehead atoms. The van der Waals surface area contributed by atoms with Crippen molar-refractivity contribution in [2.45, 2.75) is 58.1 Å². The molecule has 1 aromatic heterocycles. The number of aromatic nitrogens is 1. The molecule has 0 unspecified atom stereocenters. The molecular weight excluding hydrogens is 466 g/mol. The Kier molecular flexibility index (Phi) is 5.79. The summed E-state index contributed by atoms with van der Waals surface area (Å²) >= 11 is 3.47. The number of fused-ring (bicyclic) bond motifs is 1. The molecule has 0 aliphatic carbocycles. The molecule has 2 aromatic rings. The van der Waals surface area contributed by atoms with E-state index in [0.29, 0.717) is 11.0 Å². The van der Waals surface area contributed by atoms with Gasteiger partial charge in [-0.3, -0.25) is 14.7 Å². The van der Waals surface area contributed by atoms with E-state index < -0.39 is 0 Å². The number of benzene rings is 1. The Morgan fingerprint density at radius 3 is 2.53 bits per heavy atom.